The molecule has 4 rings (SSSR count). The molecule has 7 heteroatoms. The van der Waals surface area contributed by atoms with E-state index in [1.165, 1.54) is 25.7 Å². The molecule has 2 aliphatic carbocycles. The first kappa shape index (κ1) is 20.8. The van der Waals surface area contributed by atoms with Crippen molar-refractivity contribution >= 4 is 12.1 Å². The van der Waals surface area contributed by atoms with E-state index in [-0.39, 0.29) is 12.1 Å². The van der Waals surface area contributed by atoms with Gasteiger partial charge in [-0.3, -0.25) is 4.99 Å². The van der Waals surface area contributed by atoms with Crippen LogP contribution in [-0.2, 0) is 9.47 Å². The summed E-state index contributed by atoms with van der Waals surface area (Å²) >= 11 is 0. The number of amides is 1. The monoisotopic (exact) mass is 406 g/mol. The number of carbonyl (C=O) groups is 1. The lowest BCUT2D eigenvalue weighted by atomic mass is 9.54. The summed E-state index contributed by atoms with van der Waals surface area (Å²) in [6.45, 7) is 8.04. The third kappa shape index (κ3) is 4.07. The van der Waals surface area contributed by atoms with Crippen molar-refractivity contribution in [3.63, 3.8) is 0 Å². The van der Waals surface area contributed by atoms with Crippen molar-refractivity contribution in [1.29, 1.82) is 0 Å². The molecular formula is C22H38N4O3. The van der Waals surface area contributed by atoms with Crippen molar-refractivity contribution in [3.05, 3.63) is 0 Å². The highest BCUT2D eigenvalue weighted by Crippen LogP contribution is 2.60. The number of piperidine rings is 1. The zero-order valence-electron chi connectivity index (χ0n) is 18.5. The number of nitrogens with one attached hydrogen (secondary N) is 2. The number of aliphatic imine (C=N–C) groups is 1. The Kier molecular flexibility index (Phi) is 5.70. The van der Waals surface area contributed by atoms with Crippen LogP contribution in [0.3, 0.4) is 0 Å². The summed E-state index contributed by atoms with van der Waals surface area (Å²) in [5, 5.41) is 7.35. The van der Waals surface area contributed by atoms with Crippen molar-refractivity contribution in [1.82, 2.24) is 15.5 Å². The fraction of sp³-hybridized carbons (Fsp3) is 0.909. The average Bonchev–Trinajstić information content (AvgIpc) is 3.32. The minimum atomic E-state index is -0.464. The first-order chi connectivity index (χ1) is 13.8. The van der Waals surface area contributed by atoms with Crippen LogP contribution in [0.2, 0.25) is 0 Å². The van der Waals surface area contributed by atoms with Gasteiger partial charge in [0.25, 0.3) is 0 Å². The zero-order valence-corrected chi connectivity index (χ0v) is 18.5. The van der Waals surface area contributed by atoms with Crippen LogP contribution >= 0.6 is 0 Å². The molecule has 2 saturated heterocycles. The van der Waals surface area contributed by atoms with Gasteiger partial charge in [0.1, 0.15) is 5.60 Å². The van der Waals surface area contributed by atoms with Gasteiger partial charge < -0.3 is 25.0 Å². The second kappa shape index (κ2) is 7.97. The van der Waals surface area contributed by atoms with Crippen molar-refractivity contribution in [2.24, 2.45) is 16.3 Å². The van der Waals surface area contributed by atoms with E-state index in [0.29, 0.717) is 30.0 Å². The number of hydrogen-bond donors (Lipinski definition) is 2. The summed E-state index contributed by atoms with van der Waals surface area (Å²) in [6.07, 6.45) is 8.52. The van der Waals surface area contributed by atoms with E-state index >= 15 is 0 Å². The first-order valence-electron chi connectivity index (χ1n) is 11.4. The standard InChI is InChI=1S/C22H38N4O3/c1-21(2,3)29-20(27)26-12-7-8-15(14-26)24-19(23-4)25-17-16-9-13-28-18(16)22(17)10-5-6-11-22/h15-18H,5-14H2,1-4H3,(H2,23,24,25). The Labute approximate surface area is 175 Å². The topological polar surface area (TPSA) is 75.2 Å². The van der Waals surface area contributed by atoms with Crippen LogP contribution in [0.5, 0.6) is 0 Å². The molecule has 2 aliphatic heterocycles. The highest BCUT2D eigenvalue weighted by Gasteiger charge is 2.65. The SMILES string of the molecule is CN=C(NC1CCCN(C(=O)OC(C)(C)C)C1)NC1C2CCOC2C12CCCC2. The lowest BCUT2D eigenvalue weighted by molar-refractivity contribution is -0.125. The number of ether oxygens (including phenoxy) is 2. The Balaban J connectivity index is 1.35. The van der Waals surface area contributed by atoms with Crippen molar-refractivity contribution in [3.8, 4) is 0 Å². The number of guanidine groups is 1. The second-order valence-corrected chi connectivity index (χ2v) is 10.3. The van der Waals surface area contributed by atoms with E-state index in [0.717, 1.165) is 38.4 Å². The Bertz CT molecular complexity index is 638. The number of nitrogens with zero attached hydrogens (tertiary/aromatic N) is 2. The Morgan fingerprint density at radius 2 is 1.93 bits per heavy atom. The summed E-state index contributed by atoms with van der Waals surface area (Å²) in [5.41, 5.74) is -0.164. The lowest BCUT2D eigenvalue weighted by Crippen LogP contribution is -2.69. The number of carbonyl (C=O) groups excluding carboxylic acids is 1. The molecule has 4 atom stereocenters. The summed E-state index contributed by atoms with van der Waals surface area (Å²) in [6, 6.07) is 0.645. The molecule has 0 radical (unpaired) electrons. The van der Waals surface area contributed by atoms with Gasteiger partial charge in [-0.25, -0.2) is 4.79 Å². The van der Waals surface area contributed by atoms with E-state index < -0.39 is 5.60 Å². The fourth-order valence-electron chi connectivity index (χ4n) is 6.00. The molecule has 4 aliphatic rings. The molecular weight excluding hydrogens is 368 g/mol. The largest absolute Gasteiger partial charge is 0.444 e. The molecule has 1 spiro atoms. The predicted octanol–water partition coefficient (Wildman–Crippen LogP) is 2.90. The van der Waals surface area contributed by atoms with Crippen LogP contribution in [0.25, 0.3) is 0 Å². The molecule has 0 bridgehead atoms. The fourth-order valence-corrected chi connectivity index (χ4v) is 6.00. The summed E-state index contributed by atoms with van der Waals surface area (Å²) in [7, 11) is 1.84. The quantitative estimate of drug-likeness (QED) is 0.545. The van der Waals surface area contributed by atoms with Crippen LogP contribution in [0.1, 0.15) is 65.7 Å². The maximum Gasteiger partial charge on any atom is 0.410 e. The van der Waals surface area contributed by atoms with Gasteiger partial charge in [0.2, 0.25) is 0 Å². The third-order valence-corrected chi connectivity index (χ3v) is 7.22. The van der Waals surface area contributed by atoms with Crippen molar-refractivity contribution in [2.45, 2.75) is 89.5 Å². The van der Waals surface area contributed by atoms with Gasteiger partial charge in [0.15, 0.2) is 5.96 Å². The molecule has 2 saturated carbocycles. The van der Waals surface area contributed by atoms with Crippen LogP contribution in [0.4, 0.5) is 4.79 Å². The molecule has 1 amide bonds. The minimum Gasteiger partial charge on any atom is -0.444 e. The number of rotatable bonds is 2. The second-order valence-electron chi connectivity index (χ2n) is 10.3. The maximum atomic E-state index is 12.5. The van der Waals surface area contributed by atoms with E-state index in [1.807, 2.05) is 32.7 Å². The van der Waals surface area contributed by atoms with E-state index in [1.54, 1.807) is 0 Å². The molecule has 0 aromatic heterocycles. The van der Waals surface area contributed by atoms with Gasteiger partial charge in [-0.2, -0.15) is 0 Å². The molecule has 7 nitrogen and oxygen atoms in total. The highest BCUT2D eigenvalue weighted by atomic mass is 16.6. The number of hydrogen-bond acceptors (Lipinski definition) is 4. The predicted molar refractivity (Wildman–Crippen MR) is 113 cm³/mol. The Morgan fingerprint density at radius 3 is 2.62 bits per heavy atom. The lowest BCUT2D eigenvalue weighted by Gasteiger charge is -2.57. The van der Waals surface area contributed by atoms with Gasteiger partial charge >= 0.3 is 6.09 Å². The van der Waals surface area contributed by atoms with Gasteiger partial charge in [-0.1, -0.05) is 12.8 Å². The van der Waals surface area contributed by atoms with Crippen molar-refractivity contribution < 1.29 is 14.3 Å². The molecule has 164 valence electrons. The Hall–Kier alpha value is -1.50. The van der Waals surface area contributed by atoms with Gasteiger partial charge in [-0.15, -0.1) is 0 Å². The maximum absolute atomic E-state index is 12.5. The summed E-state index contributed by atoms with van der Waals surface area (Å²) in [4.78, 5) is 18.8. The Morgan fingerprint density at radius 1 is 1.17 bits per heavy atom. The molecule has 4 unspecified atom stereocenters. The van der Waals surface area contributed by atoms with Gasteiger partial charge in [-0.05, 0) is 52.9 Å². The third-order valence-electron chi connectivity index (χ3n) is 7.22. The van der Waals surface area contributed by atoms with E-state index in [9.17, 15) is 4.79 Å². The van der Waals surface area contributed by atoms with Crippen LogP contribution < -0.4 is 10.6 Å². The zero-order chi connectivity index (χ0) is 20.6. The number of likely N-dealkylation sites (tertiary alicyclic amines) is 1. The highest BCUT2D eigenvalue weighted by molar-refractivity contribution is 5.81. The van der Waals surface area contributed by atoms with Gasteiger partial charge in [0.05, 0.1) is 6.10 Å². The van der Waals surface area contributed by atoms with E-state index in [2.05, 4.69) is 15.6 Å². The van der Waals surface area contributed by atoms with Crippen LogP contribution in [0.15, 0.2) is 4.99 Å². The molecule has 0 aromatic rings. The first-order valence-corrected chi connectivity index (χ1v) is 11.4. The smallest absolute Gasteiger partial charge is 0.410 e. The van der Waals surface area contributed by atoms with E-state index in [4.69, 9.17) is 9.47 Å². The molecule has 0 aromatic carbocycles. The normalized spacial score (nSPS) is 33.9. The van der Waals surface area contributed by atoms with Gasteiger partial charge in [0, 0.05) is 50.2 Å². The molecule has 2 N–H and O–H groups in total. The minimum absolute atomic E-state index is 0.192. The molecule has 4 fully saturated rings. The summed E-state index contributed by atoms with van der Waals surface area (Å²) in [5.74, 6) is 1.47. The molecule has 29 heavy (non-hydrogen) atoms. The molecule has 2 heterocycles. The average molecular weight is 407 g/mol. The summed E-state index contributed by atoms with van der Waals surface area (Å²) < 4.78 is 11.7. The number of fused-ring (bicyclic) bond motifs is 2. The van der Waals surface area contributed by atoms with Crippen LogP contribution in [-0.4, -0.2) is 67.5 Å². The van der Waals surface area contributed by atoms with Crippen molar-refractivity contribution in [2.75, 3.05) is 26.7 Å². The van der Waals surface area contributed by atoms with Crippen LogP contribution in [0, 0.1) is 11.3 Å².